The Kier molecular flexibility index (Phi) is 5.44. The lowest BCUT2D eigenvalue weighted by atomic mass is 9.90. The highest BCUT2D eigenvalue weighted by molar-refractivity contribution is 5.88. The molecule has 4 heteroatoms. The molecule has 130 valence electrons. The van der Waals surface area contributed by atoms with E-state index in [4.69, 9.17) is 5.11 Å². The van der Waals surface area contributed by atoms with Gasteiger partial charge in [0.05, 0.1) is 11.5 Å². The number of hydrogen-bond acceptors (Lipinski definition) is 2. The van der Waals surface area contributed by atoms with Gasteiger partial charge in [0.15, 0.2) is 0 Å². The molecule has 0 aliphatic heterocycles. The standard InChI is InChI=1S/C22H19NO3/c24-21(23-15-16-8-7-13-19(14-16)22(25)26)20(17-9-3-1-4-10-17)18-11-5-2-6-12-18/h1-14,20H,15H2,(H,23,24)(H,25,26). The molecule has 0 bridgehead atoms. The van der Waals surface area contributed by atoms with E-state index < -0.39 is 11.9 Å². The fraction of sp³-hybridized carbons (Fsp3) is 0.0909. The molecule has 0 heterocycles. The Balaban J connectivity index is 1.80. The minimum Gasteiger partial charge on any atom is -0.478 e. The number of aromatic carboxylic acids is 1. The molecule has 0 aliphatic rings. The number of nitrogens with one attached hydrogen (secondary N) is 1. The predicted octanol–water partition coefficient (Wildman–Crippen LogP) is 3.83. The van der Waals surface area contributed by atoms with E-state index >= 15 is 0 Å². The molecular weight excluding hydrogens is 326 g/mol. The summed E-state index contributed by atoms with van der Waals surface area (Å²) in [4.78, 5) is 24.0. The van der Waals surface area contributed by atoms with Crippen molar-refractivity contribution in [2.75, 3.05) is 0 Å². The maximum absolute atomic E-state index is 12.9. The highest BCUT2D eigenvalue weighted by Crippen LogP contribution is 2.24. The number of rotatable bonds is 6. The molecule has 2 N–H and O–H groups in total. The second kappa shape index (κ2) is 8.12. The summed E-state index contributed by atoms with van der Waals surface area (Å²) in [6.07, 6.45) is 0. The van der Waals surface area contributed by atoms with Gasteiger partial charge in [-0.05, 0) is 28.8 Å². The summed E-state index contributed by atoms with van der Waals surface area (Å²) in [6, 6.07) is 25.8. The van der Waals surface area contributed by atoms with Crippen LogP contribution in [0.3, 0.4) is 0 Å². The van der Waals surface area contributed by atoms with E-state index in [0.29, 0.717) is 0 Å². The van der Waals surface area contributed by atoms with E-state index in [2.05, 4.69) is 5.32 Å². The van der Waals surface area contributed by atoms with Crippen LogP contribution in [0.25, 0.3) is 0 Å². The smallest absolute Gasteiger partial charge is 0.335 e. The maximum atomic E-state index is 12.9. The van der Waals surface area contributed by atoms with Crippen LogP contribution in [0.5, 0.6) is 0 Å². The average Bonchev–Trinajstić information content (AvgIpc) is 2.68. The van der Waals surface area contributed by atoms with Crippen LogP contribution >= 0.6 is 0 Å². The zero-order valence-electron chi connectivity index (χ0n) is 14.1. The fourth-order valence-corrected chi connectivity index (χ4v) is 2.89. The molecule has 0 saturated carbocycles. The van der Waals surface area contributed by atoms with Crippen LogP contribution < -0.4 is 5.32 Å². The SMILES string of the molecule is O=C(O)c1cccc(CNC(=O)C(c2ccccc2)c2ccccc2)c1. The first kappa shape index (κ1) is 17.4. The number of carboxylic acids is 1. The molecule has 0 unspecified atom stereocenters. The van der Waals surface area contributed by atoms with Crippen molar-refractivity contribution in [3.8, 4) is 0 Å². The third kappa shape index (κ3) is 4.16. The van der Waals surface area contributed by atoms with Crippen molar-refractivity contribution in [3.63, 3.8) is 0 Å². The van der Waals surface area contributed by atoms with Crippen molar-refractivity contribution in [1.82, 2.24) is 5.32 Å². The third-order valence-corrected chi connectivity index (χ3v) is 4.17. The Labute approximate surface area is 152 Å². The van der Waals surface area contributed by atoms with Gasteiger partial charge in [0.2, 0.25) is 5.91 Å². The van der Waals surface area contributed by atoms with Crippen molar-refractivity contribution in [1.29, 1.82) is 0 Å². The van der Waals surface area contributed by atoms with Crippen LogP contribution in [0, 0.1) is 0 Å². The van der Waals surface area contributed by atoms with E-state index in [-0.39, 0.29) is 18.0 Å². The molecule has 3 rings (SSSR count). The summed E-state index contributed by atoms with van der Waals surface area (Å²) in [7, 11) is 0. The summed E-state index contributed by atoms with van der Waals surface area (Å²) in [5.41, 5.74) is 2.78. The second-order valence-corrected chi connectivity index (χ2v) is 5.98. The van der Waals surface area contributed by atoms with Crippen LogP contribution in [-0.4, -0.2) is 17.0 Å². The average molecular weight is 345 g/mol. The fourth-order valence-electron chi connectivity index (χ4n) is 2.89. The van der Waals surface area contributed by atoms with Crippen molar-refractivity contribution in [3.05, 3.63) is 107 Å². The molecule has 1 amide bonds. The van der Waals surface area contributed by atoms with Gasteiger partial charge in [0.25, 0.3) is 0 Å². The molecule has 0 atom stereocenters. The zero-order valence-corrected chi connectivity index (χ0v) is 14.1. The maximum Gasteiger partial charge on any atom is 0.335 e. The third-order valence-electron chi connectivity index (χ3n) is 4.17. The number of hydrogen-bond donors (Lipinski definition) is 2. The lowest BCUT2D eigenvalue weighted by Gasteiger charge is -2.18. The largest absolute Gasteiger partial charge is 0.478 e. The molecule has 0 aliphatic carbocycles. The van der Waals surface area contributed by atoms with Crippen molar-refractivity contribution < 1.29 is 14.7 Å². The Morgan fingerprint density at radius 3 is 1.92 bits per heavy atom. The van der Waals surface area contributed by atoms with Crippen molar-refractivity contribution in [2.45, 2.75) is 12.5 Å². The Hall–Kier alpha value is -3.40. The number of carbonyl (C=O) groups is 2. The molecule has 0 aromatic heterocycles. The monoisotopic (exact) mass is 345 g/mol. The number of benzene rings is 3. The van der Waals surface area contributed by atoms with Gasteiger partial charge in [-0.15, -0.1) is 0 Å². The molecule has 0 radical (unpaired) electrons. The first-order valence-corrected chi connectivity index (χ1v) is 8.35. The quantitative estimate of drug-likeness (QED) is 0.713. The van der Waals surface area contributed by atoms with Gasteiger partial charge in [0, 0.05) is 6.54 Å². The Bertz CT molecular complexity index is 852. The molecule has 4 nitrogen and oxygen atoms in total. The van der Waals surface area contributed by atoms with Gasteiger partial charge in [0.1, 0.15) is 0 Å². The van der Waals surface area contributed by atoms with E-state index in [9.17, 15) is 9.59 Å². The van der Waals surface area contributed by atoms with E-state index in [1.165, 1.54) is 6.07 Å². The highest BCUT2D eigenvalue weighted by Gasteiger charge is 2.22. The molecule has 3 aromatic carbocycles. The predicted molar refractivity (Wildman–Crippen MR) is 100.0 cm³/mol. The molecule has 26 heavy (non-hydrogen) atoms. The Morgan fingerprint density at radius 1 is 0.808 bits per heavy atom. The summed E-state index contributed by atoms with van der Waals surface area (Å²) < 4.78 is 0. The van der Waals surface area contributed by atoms with Crippen LogP contribution in [0.15, 0.2) is 84.9 Å². The molecular formula is C22H19NO3. The lowest BCUT2D eigenvalue weighted by Crippen LogP contribution is -2.29. The summed E-state index contributed by atoms with van der Waals surface area (Å²) in [6.45, 7) is 0.274. The number of carbonyl (C=O) groups excluding carboxylic acids is 1. The van der Waals surface area contributed by atoms with Gasteiger partial charge in [-0.3, -0.25) is 4.79 Å². The van der Waals surface area contributed by atoms with Gasteiger partial charge in [-0.25, -0.2) is 4.79 Å². The van der Waals surface area contributed by atoms with Gasteiger partial charge < -0.3 is 10.4 Å². The second-order valence-electron chi connectivity index (χ2n) is 5.98. The van der Waals surface area contributed by atoms with Crippen molar-refractivity contribution in [2.24, 2.45) is 0 Å². The van der Waals surface area contributed by atoms with E-state index in [1.54, 1.807) is 18.2 Å². The topological polar surface area (TPSA) is 66.4 Å². The highest BCUT2D eigenvalue weighted by atomic mass is 16.4. The zero-order chi connectivity index (χ0) is 18.4. The van der Waals surface area contributed by atoms with Crippen LogP contribution in [0.1, 0.15) is 33.0 Å². The first-order valence-electron chi connectivity index (χ1n) is 8.35. The normalized spacial score (nSPS) is 10.5. The molecule has 0 spiro atoms. The van der Waals surface area contributed by atoms with Crippen LogP contribution in [0.4, 0.5) is 0 Å². The first-order chi connectivity index (χ1) is 12.6. The van der Waals surface area contributed by atoms with Crippen LogP contribution in [-0.2, 0) is 11.3 Å². The van der Waals surface area contributed by atoms with E-state index in [0.717, 1.165) is 16.7 Å². The Morgan fingerprint density at radius 2 is 1.38 bits per heavy atom. The van der Waals surface area contributed by atoms with Crippen molar-refractivity contribution >= 4 is 11.9 Å². The minimum atomic E-state index is -0.982. The summed E-state index contributed by atoms with van der Waals surface area (Å²) >= 11 is 0. The molecule has 0 saturated heterocycles. The van der Waals surface area contributed by atoms with E-state index in [1.807, 2.05) is 60.7 Å². The summed E-state index contributed by atoms with van der Waals surface area (Å²) in [5.74, 6) is -1.52. The molecule has 0 fully saturated rings. The van der Waals surface area contributed by atoms with Gasteiger partial charge in [-0.2, -0.15) is 0 Å². The number of carboxylic acid groups (broad SMARTS) is 1. The van der Waals surface area contributed by atoms with Gasteiger partial charge >= 0.3 is 5.97 Å². The molecule has 3 aromatic rings. The summed E-state index contributed by atoms with van der Waals surface area (Å²) in [5, 5.41) is 12.0. The minimum absolute atomic E-state index is 0.122. The van der Waals surface area contributed by atoms with Gasteiger partial charge in [-0.1, -0.05) is 72.8 Å². The van der Waals surface area contributed by atoms with Crippen LogP contribution in [0.2, 0.25) is 0 Å². The number of amides is 1. The lowest BCUT2D eigenvalue weighted by molar-refractivity contribution is -0.121.